The Morgan fingerprint density at radius 3 is 2.14 bits per heavy atom. The standard InChI is InChI=1S/C18H23NO3/c1-9(2)13-7-14-16(12(6)20)11(5)19(10(3)4)17(14)15(8-13)18(21)22/h7-10H,1-6H3,(H,21,22). The number of carbonyl (C=O) groups excluding carboxylic acids is 1. The first-order valence-electron chi connectivity index (χ1n) is 7.59. The number of aromatic nitrogens is 1. The average Bonchev–Trinajstić information content (AvgIpc) is 2.68. The lowest BCUT2D eigenvalue weighted by Crippen LogP contribution is -2.08. The molecule has 22 heavy (non-hydrogen) atoms. The maximum Gasteiger partial charge on any atom is 0.337 e. The van der Waals surface area contributed by atoms with Crippen LogP contribution in [0.1, 0.15) is 78.6 Å². The zero-order chi connectivity index (χ0) is 16.8. The molecule has 4 heteroatoms. The molecule has 0 aliphatic carbocycles. The minimum Gasteiger partial charge on any atom is -0.478 e. The highest BCUT2D eigenvalue weighted by atomic mass is 16.4. The van der Waals surface area contributed by atoms with Crippen molar-refractivity contribution in [2.24, 2.45) is 0 Å². The van der Waals surface area contributed by atoms with Gasteiger partial charge in [0.2, 0.25) is 0 Å². The first-order chi connectivity index (χ1) is 10.2. The molecule has 0 amide bonds. The summed E-state index contributed by atoms with van der Waals surface area (Å²) < 4.78 is 1.96. The van der Waals surface area contributed by atoms with E-state index in [9.17, 15) is 14.7 Å². The minimum atomic E-state index is -0.956. The number of aromatic carboxylic acids is 1. The molecule has 1 aromatic heterocycles. The number of ketones is 1. The van der Waals surface area contributed by atoms with Crippen LogP contribution in [-0.2, 0) is 0 Å². The van der Waals surface area contributed by atoms with Crippen LogP contribution < -0.4 is 0 Å². The highest BCUT2D eigenvalue weighted by molar-refractivity contribution is 6.13. The predicted molar refractivity (Wildman–Crippen MR) is 88.1 cm³/mol. The van der Waals surface area contributed by atoms with E-state index in [0.29, 0.717) is 11.1 Å². The van der Waals surface area contributed by atoms with Crippen molar-refractivity contribution in [2.75, 3.05) is 0 Å². The van der Waals surface area contributed by atoms with Gasteiger partial charge in [0.25, 0.3) is 0 Å². The molecule has 0 spiro atoms. The van der Waals surface area contributed by atoms with Gasteiger partial charge in [-0.1, -0.05) is 13.8 Å². The second-order valence-corrected chi connectivity index (χ2v) is 6.40. The van der Waals surface area contributed by atoms with Gasteiger partial charge in [-0.05, 0) is 51.3 Å². The molecule has 0 aliphatic rings. The van der Waals surface area contributed by atoms with Crippen molar-refractivity contribution in [3.05, 3.63) is 34.5 Å². The molecular formula is C18H23NO3. The van der Waals surface area contributed by atoms with Crippen molar-refractivity contribution in [1.29, 1.82) is 0 Å². The third kappa shape index (κ3) is 2.43. The van der Waals surface area contributed by atoms with Crippen molar-refractivity contribution in [3.8, 4) is 0 Å². The third-order valence-corrected chi connectivity index (χ3v) is 4.13. The van der Waals surface area contributed by atoms with Gasteiger partial charge in [-0.25, -0.2) is 4.79 Å². The van der Waals surface area contributed by atoms with E-state index in [1.165, 1.54) is 6.92 Å². The number of hydrogen-bond acceptors (Lipinski definition) is 2. The summed E-state index contributed by atoms with van der Waals surface area (Å²) in [7, 11) is 0. The van der Waals surface area contributed by atoms with Gasteiger partial charge in [-0.3, -0.25) is 4.79 Å². The molecule has 0 bridgehead atoms. The summed E-state index contributed by atoms with van der Waals surface area (Å²) in [4.78, 5) is 23.9. The molecule has 0 fully saturated rings. The molecule has 0 saturated carbocycles. The summed E-state index contributed by atoms with van der Waals surface area (Å²) in [6.07, 6.45) is 0. The van der Waals surface area contributed by atoms with Crippen LogP contribution in [0.5, 0.6) is 0 Å². The Labute approximate surface area is 130 Å². The Balaban J connectivity index is 3.07. The molecule has 0 radical (unpaired) electrons. The van der Waals surface area contributed by atoms with Crippen molar-refractivity contribution in [2.45, 2.75) is 53.5 Å². The first-order valence-corrected chi connectivity index (χ1v) is 7.59. The topological polar surface area (TPSA) is 59.3 Å². The van der Waals surface area contributed by atoms with E-state index >= 15 is 0 Å². The summed E-state index contributed by atoms with van der Waals surface area (Å²) in [6, 6.07) is 3.78. The maximum absolute atomic E-state index is 12.1. The van der Waals surface area contributed by atoms with Crippen LogP contribution >= 0.6 is 0 Å². The molecule has 2 aromatic rings. The summed E-state index contributed by atoms with van der Waals surface area (Å²) in [5.41, 5.74) is 3.32. The molecule has 0 atom stereocenters. The van der Waals surface area contributed by atoms with Crippen LogP contribution in [0.4, 0.5) is 0 Å². The molecule has 1 N–H and O–H groups in total. The minimum absolute atomic E-state index is 0.0286. The number of Topliss-reactive ketones (excluding diaryl/α,β-unsaturated/α-hetero) is 1. The first kappa shape index (κ1) is 16.3. The van der Waals surface area contributed by atoms with Crippen LogP contribution in [0, 0.1) is 6.92 Å². The van der Waals surface area contributed by atoms with Gasteiger partial charge in [0.15, 0.2) is 5.78 Å². The van der Waals surface area contributed by atoms with E-state index in [-0.39, 0.29) is 23.3 Å². The van der Waals surface area contributed by atoms with Crippen LogP contribution in [0.25, 0.3) is 10.9 Å². The summed E-state index contributed by atoms with van der Waals surface area (Å²) in [6.45, 7) is 11.5. The van der Waals surface area contributed by atoms with Gasteiger partial charge in [0.05, 0.1) is 11.1 Å². The lowest BCUT2D eigenvalue weighted by atomic mass is 9.96. The molecule has 0 aliphatic heterocycles. The van der Waals surface area contributed by atoms with Gasteiger partial charge in [0, 0.05) is 22.7 Å². The molecule has 0 saturated heterocycles. The number of rotatable bonds is 4. The van der Waals surface area contributed by atoms with Gasteiger partial charge >= 0.3 is 5.97 Å². The Hall–Kier alpha value is -2.10. The Kier molecular flexibility index (Phi) is 4.14. The van der Waals surface area contributed by atoms with Crippen LogP contribution in [0.3, 0.4) is 0 Å². The Morgan fingerprint density at radius 1 is 1.14 bits per heavy atom. The number of fused-ring (bicyclic) bond motifs is 1. The molecule has 118 valence electrons. The fourth-order valence-electron chi connectivity index (χ4n) is 3.18. The normalized spacial score (nSPS) is 11.6. The smallest absolute Gasteiger partial charge is 0.337 e. The lowest BCUT2D eigenvalue weighted by molar-refractivity contribution is 0.0698. The molecule has 1 aromatic carbocycles. The number of carboxylic acids is 1. The lowest BCUT2D eigenvalue weighted by Gasteiger charge is -2.15. The van der Waals surface area contributed by atoms with Crippen molar-refractivity contribution in [1.82, 2.24) is 4.57 Å². The predicted octanol–water partition coefficient (Wildman–Crippen LogP) is 4.55. The van der Waals surface area contributed by atoms with Gasteiger partial charge in [-0.2, -0.15) is 0 Å². The average molecular weight is 301 g/mol. The van der Waals surface area contributed by atoms with Gasteiger partial charge < -0.3 is 9.67 Å². The highest BCUT2D eigenvalue weighted by Crippen LogP contribution is 2.34. The van der Waals surface area contributed by atoms with Gasteiger partial charge in [0.1, 0.15) is 0 Å². The number of carboxylic acid groups (broad SMARTS) is 1. The van der Waals surface area contributed by atoms with Crippen LogP contribution in [0.2, 0.25) is 0 Å². The van der Waals surface area contributed by atoms with Crippen molar-refractivity contribution >= 4 is 22.7 Å². The van der Waals surface area contributed by atoms with Crippen molar-refractivity contribution in [3.63, 3.8) is 0 Å². The zero-order valence-electron chi connectivity index (χ0n) is 14.0. The second-order valence-electron chi connectivity index (χ2n) is 6.40. The molecule has 1 heterocycles. The molecular weight excluding hydrogens is 278 g/mol. The van der Waals surface area contributed by atoms with E-state index in [4.69, 9.17) is 0 Å². The third-order valence-electron chi connectivity index (χ3n) is 4.13. The maximum atomic E-state index is 12.1. The van der Waals surface area contributed by atoms with Gasteiger partial charge in [-0.15, -0.1) is 0 Å². The fraction of sp³-hybridized carbons (Fsp3) is 0.444. The number of nitrogens with zero attached hydrogens (tertiary/aromatic N) is 1. The zero-order valence-corrected chi connectivity index (χ0v) is 14.0. The summed E-state index contributed by atoms with van der Waals surface area (Å²) in [5, 5.41) is 10.4. The number of carbonyl (C=O) groups is 2. The van der Waals surface area contributed by atoms with E-state index in [1.54, 1.807) is 6.07 Å². The molecule has 4 nitrogen and oxygen atoms in total. The SMILES string of the molecule is CC(=O)c1c(C)n(C(C)C)c2c(C(=O)O)cc(C(C)C)cc12. The fourth-order valence-corrected chi connectivity index (χ4v) is 3.18. The van der Waals surface area contributed by atoms with Crippen molar-refractivity contribution < 1.29 is 14.7 Å². The van der Waals surface area contributed by atoms with E-state index in [2.05, 4.69) is 0 Å². The summed E-state index contributed by atoms with van der Waals surface area (Å²) >= 11 is 0. The van der Waals surface area contributed by atoms with E-state index < -0.39 is 5.97 Å². The monoisotopic (exact) mass is 301 g/mol. The second kappa shape index (κ2) is 5.59. The molecule has 0 unspecified atom stereocenters. The Bertz CT molecular complexity index is 766. The summed E-state index contributed by atoms with van der Waals surface area (Å²) in [5.74, 6) is -0.786. The Morgan fingerprint density at radius 2 is 1.73 bits per heavy atom. The van der Waals surface area contributed by atoms with E-state index in [0.717, 1.165) is 16.6 Å². The van der Waals surface area contributed by atoms with E-state index in [1.807, 2.05) is 45.3 Å². The number of hydrogen-bond donors (Lipinski definition) is 1. The molecule has 2 rings (SSSR count). The highest BCUT2D eigenvalue weighted by Gasteiger charge is 2.24. The van der Waals surface area contributed by atoms with Crippen LogP contribution in [0.15, 0.2) is 12.1 Å². The number of benzene rings is 1. The largest absolute Gasteiger partial charge is 0.478 e. The van der Waals surface area contributed by atoms with Crippen LogP contribution in [-0.4, -0.2) is 21.4 Å². The quantitative estimate of drug-likeness (QED) is 0.842.